The zero-order chi connectivity index (χ0) is 12.4. The molecule has 2 aromatic heterocycles. The molecule has 1 aliphatic heterocycles. The quantitative estimate of drug-likeness (QED) is 0.883. The van der Waals surface area contributed by atoms with Gasteiger partial charge in [0, 0.05) is 43.7 Å². The standard InChI is InChI=1S/C13H18N4S/c1-17-6-5-14-10(8-17)7-13-16-12(9-18-13)11-3-2-4-15-11/h2-4,9-10,14-15H,5-8H2,1H3. The molecule has 3 rings (SSSR count). The van der Waals surface area contributed by atoms with E-state index in [1.807, 2.05) is 12.3 Å². The summed E-state index contributed by atoms with van der Waals surface area (Å²) in [6.45, 7) is 3.33. The normalized spacial score (nSPS) is 21.3. The number of hydrogen-bond donors (Lipinski definition) is 2. The van der Waals surface area contributed by atoms with Crippen LogP contribution in [0.3, 0.4) is 0 Å². The van der Waals surface area contributed by atoms with Gasteiger partial charge in [0.25, 0.3) is 0 Å². The minimum Gasteiger partial charge on any atom is -0.360 e. The van der Waals surface area contributed by atoms with Crippen LogP contribution in [0.1, 0.15) is 5.01 Å². The summed E-state index contributed by atoms with van der Waals surface area (Å²) in [5.41, 5.74) is 2.16. The Hall–Kier alpha value is -1.17. The largest absolute Gasteiger partial charge is 0.360 e. The van der Waals surface area contributed by atoms with E-state index >= 15 is 0 Å². The van der Waals surface area contributed by atoms with Crippen LogP contribution in [0, 0.1) is 0 Å². The van der Waals surface area contributed by atoms with Gasteiger partial charge in [0.15, 0.2) is 0 Å². The molecule has 0 bridgehead atoms. The van der Waals surface area contributed by atoms with Gasteiger partial charge in [-0.25, -0.2) is 4.98 Å². The third-order valence-electron chi connectivity index (χ3n) is 3.31. The molecule has 18 heavy (non-hydrogen) atoms. The van der Waals surface area contributed by atoms with Gasteiger partial charge in [0.05, 0.1) is 16.4 Å². The lowest BCUT2D eigenvalue weighted by Crippen LogP contribution is -2.49. The van der Waals surface area contributed by atoms with Gasteiger partial charge in [-0.1, -0.05) is 0 Å². The van der Waals surface area contributed by atoms with Crippen molar-refractivity contribution in [3.8, 4) is 11.4 Å². The third-order valence-corrected chi connectivity index (χ3v) is 4.18. The Morgan fingerprint density at radius 3 is 3.28 bits per heavy atom. The molecule has 5 heteroatoms. The maximum Gasteiger partial charge on any atom is 0.0976 e. The van der Waals surface area contributed by atoms with Crippen LogP contribution in [0.25, 0.3) is 11.4 Å². The van der Waals surface area contributed by atoms with Gasteiger partial charge in [-0.15, -0.1) is 11.3 Å². The summed E-state index contributed by atoms with van der Waals surface area (Å²) < 4.78 is 0. The lowest BCUT2D eigenvalue weighted by molar-refractivity contribution is 0.238. The summed E-state index contributed by atoms with van der Waals surface area (Å²) in [4.78, 5) is 10.3. The highest BCUT2D eigenvalue weighted by Crippen LogP contribution is 2.21. The summed E-state index contributed by atoms with van der Waals surface area (Å²) in [6, 6.07) is 4.60. The Kier molecular flexibility index (Phi) is 3.45. The second-order valence-corrected chi connectivity index (χ2v) is 5.77. The van der Waals surface area contributed by atoms with Crippen LogP contribution < -0.4 is 5.32 Å². The lowest BCUT2D eigenvalue weighted by atomic mass is 10.1. The molecule has 0 aliphatic carbocycles. The fourth-order valence-electron chi connectivity index (χ4n) is 2.36. The first-order chi connectivity index (χ1) is 8.81. The number of nitrogens with zero attached hydrogens (tertiary/aromatic N) is 2. The fraction of sp³-hybridized carbons (Fsp3) is 0.462. The molecule has 1 atom stereocenters. The molecule has 4 nitrogen and oxygen atoms in total. The van der Waals surface area contributed by atoms with Crippen molar-refractivity contribution in [3.63, 3.8) is 0 Å². The molecule has 0 radical (unpaired) electrons. The highest BCUT2D eigenvalue weighted by atomic mass is 32.1. The molecule has 0 spiro atoms. The molecule has 0 amide bonds. The first kappa shape index (κ1) is 11.9. The molecule has 1 aliphatic rings. The van der Waals surface area contributed by atoms with E-state index in [0.29, 0.717) is 6.04 Å². The van der Waals surface area contributed by atoms with Gasteiger partial charge in [-0.2, -0.15) is 0 Å². The molecule has 1 fully saturated rings. The first-order valence-electron chi connectivity index (χ1n) is 6.31. The highest BCUT2D eigenvalue weighted by molar-refractivity contribution is 7.09. The van der Waals surface area contributed by atoms with Gasteiger partial charge in [-0.05, 0) is 19.2 Å². The Bertz CT molecular complexity index is 491. The fourth-order valence-corrected chi connectivity index (χ4v) is 3.23. The van der Waals surface area contributed by atoms with Crippen molar-refractivity contribution in [2.24, 2.45) is 0 Å². The van der Waals surface area contributed by atoms with Crippen molar-refractivity contribution in [3.05, 3.63) is 28.7 Å². The predicted molar refractivity (Wildman–Crippen MR) is 74.9 cm³/mol. The average Bonchev–Trinajstić information content (AvgIpc) is 2.98. The van der Waals surface area contributed by atoms with Crippen molar-refractivity contribution < 1.29 is 0 Å². The SMILES string of the molecule is CN1CCNC(Cc2nc(-c3ccc[nH]3)cs2)C1. The zero-order valence-electron chi connectivity index (χ0n) is 10.5. The number of piperazine rings is 1. The first-order valence-corrected chi connectivity index (χ1v) is 7.19. The van der Waals surface area contributed by atoms with E-state index in [-0.39, 0.29) is 0 Å². The lowest BCUT2D eigenvalue weighted by Gasteiger charge is -2.30. The summed E-state index contributed by atoms with van der Waals surface area (Å²) in [7, 11) is 2.18. The zero-order valence-corrected chi connectivity index (χ0v) is 11.3. The molecule has 1 saturated heterocycles. The summed E-state index contributed by atoms with van der Waals surface area (Å²) >= 11 is 1.75. The smallest absolute Gasteiger partial charge is 0.0976 e. The number of likely N-dealkylation sites (N-methyl/N-ethyl adjacent to an activating group) is 1. The number of thiazole rings is 1. The Morgan fingerprint density at radius 2 is 2.50 bits per heavy atom. The van der Waals surface area contributed by atoms with Crippen molar-refractivity contribution in [2.45, 2.75) is 12.5 Å². The van der Waals surface area contributed by atoms with E-state index in [9.17, 15) is 0 Å². The molecule has 96 valence electrons. The van der Waals surface area contributed by atoms with E-state index in [4.69, 9.17) is 4.98 Å². The van der Waals surface area contributed by atoms with Gasteiger partial charge in [0.2, 0.25) is 0 Å². The maximum atomic E-state index is 4.70. The monoisotopic (exact) mass is 262 g/mol. The van der Waals surface area contributed by atoms with E-state index in [1.54, 1.807) is 11.3 Å². The second-order valence-electron chi connectivity index (χ2n) is 4.83. The van der Waals surface area contributed by atoms with Crippen LogP contribution >= 0.6 is 11.3 Å². The molecule has 2 N–H and O–H groups in total. The third kappa shape index (κ3) is 2.63. The number of H-pyrrole nitrogens is 1. The van der Waals surface area contributed by atoms with Crippen molar-refractivity contribution in [1.82, 2.24) is 20.2 Å². The molecule has 1 unspecified atom stereocenters. The molecular formula is C13H18N4S. The molecule has 2 aromatic rings. The van der Waals surface area contributed by atoms with Crippen LogP contribution in [0.4, 0.5) is 0 Å². The van der Waals surface area contributed by atoms with Gasteiger partial charge in [-0.3, -0.25) is 0 Å². The van der Waals surface area contributed by atoms with Crippen molar-refractivity contribution >= 4 is 11.3 Å². The summed E-state index contributed by atoms with van der Waals surface area (Å²) in [5, 5.41) is 6.91. The molecule has 0 saturated carbocycles. The summed E-state index contributed by atoms with van der Waals surface area (Å²) in [6.07, 6.45) is 2.96. The Morgan fingerprint density at radius 1 is 1.56 bits per heavy atom. The van der Waals surface area contributed by atoms with Crippen LogP contribution in [-0.4, -0.2) is 47.6 Å². The Labute approximate surface area is 111 Å². The van der Waals surface area contributed by atoms with Crippen LogP contribution in [0.2, 0.25) is 0 Å². The molecular weight excluding hydrogens is 244 g/mol. The van der Waals surface area contributed by atoms with E-state index in [0.717, 1.165) is 37.4 Å². The highest BCUT2D eigenvalue weighted by Gasteiger charge is 2.18. The Balaban J connectivity index is 1.66. The topological polar surface area (TPSA) is 44.0 Å². The minimum atomic E-state index is 0.534. The minimum absolute atomic E-state index is 0.534. The van der Waals surface area contributed by atoms with Crippen molar-refractivity contribution in [1.29, 1.82) is 0 Å². The molecule has 0 aromatic carbocycles. The maximum absolute atomic E-state index is 4.70. The summed E-state index contributed by atoms with van der Waals surface area (Å²) in [5.74, 6) is 0. The van der Waals surface area contributed by atoms with E-state index < -0.39 is 0 Å². The van der Waals surface area contributed by atoms with Gasteiger partial charge >= 0.3 is 0 Å². The van der Waals surface area contributed by atoms with Gasteiger partial charge < -0.3 is 15.2 Å². The van der Waals surface area contributed by atoms with Crippen LogP contribution in [-0.2, 0) is 6.42 Å². The average molecular weight is 262 g/mol. The number of hydrogen-bond acceptors (Lipinski definition) is 4. The van der Waals surface area contributed by atoms with Crippen LogP contribution in [0.15, 0.2) is 23.7 Å². The predicted octanol–water partition coefficient (Wildman–Crippen LogP) is 1.58. The van der Waals surface area contributed by atoms with Crippen molar-refractivity contribution in [2.75, 3.05) is 26.7 Å². The number of aromatic nitrogens is 2. The van der Waals surface area contributed by atoms with E-state index in [2.05, 4.69) is 33.7 Å². The number of nitrogens with one attached hydrogen (secondary N) is 2. The number of rotatable bonds is 3. The van der Waals surface area contributed by atoms with Crippen LogP contribution in [0.5, 0.6) is 0 Å². The second kappa shape index (κ2) is 5.22. The van der Waals surface area contributed by atoms with E-state index in [1.165, 1.54) is 5.01 Å². The molecule has 3 heterocycles. The number of aromatic amines is 1. The van der Waals surface area contributed by atoms with Gasteiger partial charge in [0.1, 0.15) is 0 Å².